The summed E-state index contributed by atoms with van der Waals surface area (Å²) in [4.78, 5) is 22.8. The second-order valence-corrected chi connectivity index (χ2v) is 6.02. The minimum atomic E-state index is -4.95. The molecule has 0 saturated heterocycles. The lowest BCUT2D eigenvalue weighted by molar-refractivity contribution is -0.167. The third-order valence-corrected chi connectivity index (χ3v) is 4.04. The van der Waals surface area contributed by atoms with Crippen LogP contribution in [0.25, 0.3) is 0 Å². The molecule has 0 aliphatic rings. The topological polar surface area (TPSA) is 58.2 Å². The second-order valence-electron chi connectivity index (χ2n) is 5.17. The number of carbonyl (C=O) groups excluding carboxylic acids is 2. The van der Waals surface area contributed by atoms with Gasteiger partial charge < -0.3 is 10.6 Å². The first-order chi connectivity index (χ1) is 11.8. The number of aryl methyl sites for hydroxylation is 1. The van der Waals surface area contributed by atoms with Crippen LogP contribution in [0.5, 0.6) is 0 Å². The molecule has 0 unspecified atom stereocenters. The van der Waals surface area contributed by atoms with Gasteiger partial charge in [0.15, 0.2) is 0 Å². The average Bonchev–Trinajstić information content (AvgIpc) is 2.55. The standard InChI is InChI=1S/C17H14BrF3N2O2/c18-14-4-2-1-3-11(14)5-10-15(24)22-12-6-8-13(9-7-12)23-16(25)17(19,20)21/h1-4,6-9H,5,10H2,(H,22,24)(H,23,25). The molecule has 2 aromatic carbocycles. The van der Waals surface area contributed by atoms with Crippen LogP contribution in [0.4, 0.5) is 24.5 Å². The summed E-state index contributed by atoms with van der Waals surface area (Å²) in [7, 11) is 0. The van der Waals surface area contributed by atoms with Crippen LogP contribution in [-0.4, -0.2) is 18.0 Å². The van der Waals surface area contributed by atoms with Crippen molar-refractivity contribution in [2.75, 3.05) is 10.6 Å². The largest absolute Gasteiger partial charge is 0.471 e. The van der Waals surface area contributed by atoms with Crippen molar-refractivity contribution in [2.24, 2.45) is 0 Å². The van der Waals surface area contributed by atoms with Crippen molar-refractivity contribution in [3.63, 3.8) is 0 Å². The summed E-state index contributed by atoms with van der Waals surface area (Å²) in [5, 5.41) is 4.39. The van der Waals surface area contributed by atoms with Crippen molar-refractivity contribution < 1.29 is 22.8 Å². The number of anilines is 2. The summed E-state index contributed by atoms with van der Waals surface area (Å²) in [6.45, 7) is 0. The number of carbonyl (C=O) groups is 2. The van der Waals surface area contributed by atoms with Crippen LogP contribution in [-0.2, 0) is 16.0 Å². The third kappa shape index (κ3) is 5.90. The lowest BCUT2D eigenvalue weighted by atomic mass is 10.1. The maximum atomic E-state index is 12.2. The van der Waals surface area contributed by atoms with Crippen LogP contribution in [0.15, 0.2) is 53.0 Å². The van der Waals surface area contributed by atoms with Gasteiger partial charge >= 0.3 is 12.1 Å². The van der Waals surface area contributed by atoms with Crippen LogP contribution >= 0.6 is 15.9 Å². The van der Waals surface area contributed by atoms with E-state index in [0.717, 1.165) is 10.0 Å². The summed E-state index contributed by atoms with van der Waals surface area (Å²) in [6.07, 6.45) is -4.14. The third-order valence-electron chi connectivity index (χ3n) is 3.26. The Morgan fingerprint density at radius 1 is 0.920 bits per heavy atom. The molecule has 0 aliphatic carbocycles. The Labute approximate surface area is 150 Å². The predicted molar refractivity (Wildman–Crippen MR) is 92.2 cm³/mol. The Balaban J connectivity index is 1.87. The van der Waals surface area contributed by atoms with Crippen molar-refractivity contribution in [3.8, 4) is 0 Å². The molecule has 132 valence electrons. The average molecular weight is 415 g/mol. The van der Waals surface area contributed by atoms with E-state index in [4.69, 9.17) is 0 Å². The Morgan fingerprint density at radius 3 is 2.04 bits per heavy atom. The molecule has 25 heavy (non-hydrogen) atoms. The Kier molecular flexibility index (Phi) is 6.19. The van der Waals surface area contributed by atoms with Gasteiger partial charge in [0.2, 0.25) is 5.91 Å². The van der Waals surface area contributed by atoms with E-state index in [1.807, 2.05) is 24.3 Å². The van der Waals surface area contributed by atoms with Gasteiger partial charge in [0, 0.05) is 22.3 Å². The number of benzene rings is 2. The molecule has 2 N–H and O–H groups in total. The number of hydrogen-bond donors (Lipinski definition) is 2. The molecule has 0 aliphatic heterocycles. The smallest absolute Gasteiger partial charge is 0.326 e. The van der Waals surface area contributed by atoms with Crippen molar-refractivity contribution in [2.45, 2.75) is 19.0 Å². The highest BCUT2D eigenvalue weighted by Crippen LogP contribution is 2.20. The molecule has 0 bridgehead atoms. The van der Waals surface area contributed by atoms with Crippen LogP contribution in [0.1, 0.15) is 12.0 Å². The van der Waals surface area contributed by atoms with Gasteiger partial charge in [-0.2, -0.15) is 13.2 Å². The van der Waals surface area contributed by atoms with Crippen LogP contribution < -0.4 is 10.6 Å². The Bertz CT molecular complexity index is 761. The van der Waals surface area contributed by atoms with Crippen LogP contribution in [0.2, 0.25) is 0 Å². The molecular formula is C17H14BrF3N2O2. The molecule has 0 heterocycles. The van der Waals surface area contributed by atoms with Crippen LogP contribution in [0, 0.1) is 0 Å². The van der Waals surface area contributed by atoms with Gasteiger partial charge in [-0.1, -0.05) is 34.1 Å². The predicted octanol–water partition coefficient (Wildman–Crippen LogP) is 4.52. The van der Waals surface area contributed by atoms with Gasteiger partial charge in [0.25, 0.3) is 0 Å². The Morgan fingerprint density at radius 2 is 1.48 bits per heavy atom. The van der Waals surface area contributed by atoms with Crippen molar-refractivity contribution in [3.05, 3.63) is 58.6 Å². The number of halogens is 4. The number of amides is 2. The number of hydrogen-bond acceptors (Lipinski definition) is 2. The highest BCUT2D eigenvalue weighted by Gasteiger charge is 2.38. The SMILES string of the molecule is O=C(CCc1ccccc1Br)Nc1ccc(NC(=O)C(F)(F)F)cc1. The molecule has 2 rings (SSSR count). The quantitative estimate of drug-likeness (QED) is 0.755. The Hall–Kier alpha value is -2.35. The van der Waals surface area contributed by atoms with Crippen molar-refractivity contribution >= 4 is 39.1 Å². The lowest BCUT2D eigenvalue weighted by Crippen LogP contribution is -2.29. The molecule has 0 radical (unpaired) electrons. The van der Waals surface area contributed by atoms with E-state index in [1.54, 1.807) is 5.32 Å². The van der Waals surface area contributed by atoms with E-state index < -0.39 is 12.1 Å². The van der Waals surface area contributed by atoms with Gasteiger partial charge in [0.05, 0.1) is 0 Å². The summed E-state index contributed by atoms with van der Waals surface area (Å²) in [5.74, 6) is -2.26. The molecular weight excluding hydrogens is 401 g/mol. The molecule has 2 aromatic rings. The van der Waals surface area contributed by atoms with E-state index in [9.17, 15) is 22.8 Å². The summed E-state index contributed by atoms with van der Waals surface area (Å²) in [6, 6.07) is 13.0. The molecule has 0 fully saturated rings. The van der Waals surface area contributed by atoms with Gasteiger partial charge in [-0.05, 0) is 42.3 Å². The highest BCUT2D eigenvalue weighted by atomic mass is 79.9. The van der Waals surface area contributed by atoms with Crippen molar-refractivity contribution in [1.82, 2.24) is 0 Å². The molecule has 2 amide bonds. The van der Waals surface area contributed by atoms with Crippen LogP contribution in [0.3, 0.4) is 0 Å². The highest BCUT2D eigenvalue weighted by molar-refractivity contribution is 9.10. The zero-order chi connectivity index (χ0) is 18.4. The fourth-order valence-corrected chi connectivity index (χ4v) is 2.49. The number of nitrogens with one attached hydrogen (secondary N) is 2. The molecule has 0 saturated carbocycles. The zero-order valence-electron chi connectivity index (χ0n) is 12.9. The number of rotatable bonds is 5. The first-order valence-corrected chi connectivity index (χ1v) is 8.06. The minimum Gasteiger partial charge on any atom is -0.326 e. The maximum Gasteiger partial charge on any atom is 0.471 e. The van der Waals surface area contributed by atoms with E-state index in [0.29, 0.717) is 12.1 Å². The normalized spacial score (nSPS) is 11.0. The summed E-state index contributed by atoms with van der Waals surface area (Å²) < 4.78 is 37.4. The second kappa shape index (κ2) is 8.15. The van der Waals surface area contributed by atoms with Gasteiger partial charge in [-0.15, -0.1) is 0 Å². The first-order valence-electron chi connectivity index (χ1n) is 7.27. The van der Waals surface area contributed by atoms with E-state index in [2.05, 4.69) is 21.2 Å². The number of alkyl halides is 3. The first kappa shape index (κ1) is 19.0. The minimum absolute atomic E-state index is 0.00598. The molecule has 8 heteroatoms. The lowest BCUT2D eigenvalue weighted by Gasteiger charge is -2.09. The molecule has 4 nitrogen and oxygen atoms in total. The van der Waals surface area contributed by atoms with Crippen molar-refractivity contribution in [1.29, 1.82) is 0 Å². The molecule has 0 spiro atoms. The van der Waals surface area contributed by atoms with Gasteiger partial charge in [-0.3, -0.25) is 9.59 Å². The molecule has 0 aromatic heterocycles. The summed E-state index contributed by atoms with van der Waals surface area (Å²) in [5.41, 5.74) is 1.43. The fourth-order valence-electron chi connectivity index (χ4n) is 2.01. The van der Waals surface area contributed by atoms with Gasteiger partial charge in [-0.25, -0.2) is 0 Å². The summed E-state index contributed by atoms with van der Waals surface area (Å²) >= 11 is 3.41. The maximum absolute atomic E-state index is 12.2. The monoisotopic (exact) mass is 414 g/mol. The van der Waals surface area contributed by atoms with E-state index in [-0.39, 0.29) is 18.0 Å². The fraction of sp³-hybridized carbons (Fsp3) is 0.176. The van der Waals surface area contributed by atoms with E-state index >= 15 is 0 Å². The van der Waals surface area contributed by atoms with Gasteiger partial charge in [0.1, 0.15) is 0 Å². The van der Waals surface area contributed by atoms with E-state index in [1.165, 1.54) is 24.3 Å². The molecule has 0 atom stereocenters. The zero-order valence-corrected chi connectivity index (χ0v) is 14.4.